The minimum atomic E-state index is -1.66. The van der Waals surface area contributed by atoms with Crippen molar-refractivity contribution in [2.75, 3.05) is 25.1 Å². The average molecular weight is 674 g/mol. The van der Waals surface area contributed by atoms with E-state index in [0.29, 0.717) is 48.0 Å². The number of hydrogen-bond donors (Lipinski definition) is 4. The maximum atomic E-state index is 14.2. The van der Waals surface area contributed by atoms with E-state index in [2.05, 4.69) is 10.6 Å². The van der Waals surface area contributed by atoms with E-state index in [9.17, 15) is 33.4 Å². The van der Waals surface area contributed by atoms with Crippen molar-refractivity contribution in [2.24, 2.45) is 0 Å². The summed E-state index contributed by atoms with van der Waals surface area (Å²) in [5.41, 5.74) is 1.66. The number of aliphatic hydroxyl groups excluding tert-OH is 2. The number of aliphatic hydroxyl groups is 2. The second-order valence-corrected chi connectivity index (χ2v) is 12.6. The number of carbonyl (C=O) groups is 3. The van der Waals surface area contributed by atoms with Gasteiger partial charge in [-0.3, -0.25) is 14.4 Å². The van der Waals surface area contributed by atoms with Gasteiger partial charge in [0, 0.05) is 38.7 Å². The Labute approximate surface area is 282 Å². The Morgan fingerprint density at radius 3 is 1.96 bits per heavy atom. The van der Waals surface area contributed by atoms with Crippen LogP contribution < -0.4 is 10.6 Å². The van der Waals surface area contributed by atoms with E-state index in [1.54, 1.807) is 54.3 Å². The zero-order valence-electron chi connectivity index (χ0n) is 27.3. The number of nitrogens with zero attached hydrogens (tertiary/aromatic N) is 1. The van der Waals surface area contributed by atoms with Crippen LogP contribution in [0, 0.1) is 18.6 Å². The molecule has 0 saturated carbocycles. The molecule has 3 aromatic carbocycles. The highest BCUT2D eigenvalue weighted by atomic mass is 32.2. The van der Waals surface area contributed by atoms with Gasteiger partial charge < -0.3 is 25.7 Å². The monoisotopic (exact) mass is 673 g/mol. The lowest BCUT2D eigenvalue weighted by Crippen LogP contribution is -2.56. The maximum Gasteiger partial charge on any atom is 0.253 e. The van der Waals surface area contributed by atoms with Gasteiger partial charge in [-0.2, -0.15) is 11.8 Å². The summed E-state index contributed by atoms with van der Waals surface area (Å²) in [6, 6.07) is 13.9. The third-order valence-electron chi connectivity index (χ3n) is 7.72. The van der Waals surface area contributed by atoms with Gasteiger partial charge in [0.1, 0.15) is 23.8 Å². The molecule has 0 fully saturated rings. The van der Waals surface area contributed by atoms with Crippen LogP contribution in [0.2, 0.25) is 0 Å². The number of benzene rings is 3. The Morgan fingerprint density at radius 1 is 0.809 bits per heavy atom. The minimum absolute atomic E-state index is 0. The third-order valence-corrected chi connectivity index (χ3v) is 8.36. The lowest BCUT2D eigenvalue weighted by molar-refractivity contribution is -0.0224. The fourth-order valence-corrected chi connectivity index (χ4v) is 5.95. The Morgan fingerprint density at radius 2 is 1.36 bits per heavy atom. The molecule has 3 amide bonds. The zero-order chi connectivity index (χ0) is 34.5. The van der Waals surface area contributed by atoms with E-state index in [-0.39, 0.29) is 26.3 Å². The van der Waals surface area contributed by atoms with Gasteiger partial charge >= 0.3 is 0 Å². The van der Waals surface area contributed by atoms with Gasteiger partial charge in [0.2, 0.25) is 0 Å². The molecule has 3 aromatic rings. The van der Waals surface area contributed by atoms with E-state index < -0.39 is 47.7 Å². The molecule has 0 aliphatic heterocycles. The number of nitrogens with one attached hydrogen (secondary N) is 2. The molecule has 258 valence electrons. The standard InChI is InChI=1S/C36H45F2N3O5S.2H2/c1-5-13-41(14-6-2)36(46)27-17-23(3)16-26(21-27)35(45)40-31(20-24-18-28(37)22-29(38)19-24)33(43)32(42)30(12-15-47-4)39-34(44)25-10-8-7-9-11-25;;/h7-11,16-19,21-22,30-33,42-43H,5-6,12-15,20H2,1-4H3,(H,39,44)(H,40,45);2*1H/t30-,31+,32-,33-;;/m1../s1. The molecule has 0 aliphatic rings. The predicted octanol–water partition coefficient (Wildman–Crippen LogP) is 5.64. The molecule has 0 spiro atoms. The van der Waals surface area contributed by atoms with Gasteiger partial charge in [0.15, 0.2) is 0 Å². The van der Waals surface area contributed by atoms with Crippen molar-refractivity contribution < 1.29 is 36.2 Å². The van der Waals surface area contributed by atoms with Crippen LogP contribution in [0.25, 0.3) is 0 Å². The fraction of sp³-hybridized carbons (Fsp3) is 0.417. The molecular weight excluding hydrogens is 624 g/mol. The van der Waals surface area contributed by atoms with E-state index in [4.69, 9.17) is 0 Å². The molecule has 0 radical (unpaired) electrons. The molecule has 0 saturated heterocycles. The number of amides is 3. The molecule has 4 N–H and O–H groups in total. The van der Waals surface area contributed by atoms with Crippen molar-refractivity contribution in [1.29, 1.82) is 0 Å². The normalized spacial score (nSPS) is 13.7. The van der Waals surface area contributed by atoms with Gasteiger partial charge in [0.25, 0.3) is 17.7 Å². The van der Waals surface area contributed by atoms with Gasteiger partial charge in [-0.15, -0.1) is 0 Å². The van der Waals surface area contributed by atoms with Crippen LogP contribution >= 0.6 is 11.8 Å². The minimum Gasteiger partial charge on any atom is -0.388 e. The predicted molar refractivity (Wildman–Crippen MR) is 186 cm³/mol. The van der Waals surface area contributed by atoms with Crippen molar-refractivity contribution >= 4 is 29.5 Å². The molecule has 0 aliphatic carbocycles. The Balaban J connectivity index is 0.00000600. The van der Waals surface area contributed by atoms with Crippen molar-refractivity contribution in [2.45, 2.75) is 70.7 Å². The van der Waals surface area contributed by atoms with Crippen LogP contribution in [0.5, 0.6) is 0 Å². The number of rotatable bonds is 17. The average Bonchev–Trinajstić information content (AvgIpc) is 3.04. The lowest BCUT2D eigenvalue weighted by Gasteiger charge is -2.33. The molecule has 0 heterocycles. The summed E-state index contributed by atoms with van der Waals surface area (Å²) in [5, 5.41) is 28.5. The Hall–Kier alpha value is -3.80. The second-order valence-electron chi connectivity index (χ2n) is 11.7. The summed E-state index contributed by atoms with van der Waals surface area (Å²) in [6.45, 7) is 6.85. The first-order chi connectivity index (χ1) is 22.5. The van der Waals surface area contributed by atoms with Crippen LogP contribution in [-0.2, 0) is 6.42 Å². The van der Waals surface area contributed by atoms with Crippen LogP contribution in [0.3, 0.4) is 0 Å². The molecule has 3 rings (SSSR count). The van der Waals surface area contributed by atoms with Crippen LogP contribution in [-0.4, -0.2) is 82.2 Å². The molecule has 0 unspecified atom stereocenters. The molecule has 11 heteroatoms. The van der Waals surface area contributed by atoms with Crippen LogP contribution in [0.15, 0.2) is 66.7 Å². The first-order valence-corrected chi connectivity index (χ1v) is 17.2. The molecule has 0 bridgehead atoms. The zero-order valence-corrected chi connectivity index (χ0v) is 28.2. The van der Waals surface area contributed by atoms with Gasteiger partial charge in [-0.1, -0.05) is 32.0 Å². The number of aryl methyl sites for hydroxylation is 1. The van der Waals surface area contributed by atoms with Crippen molar-refractivity contribution in [1.82, 2.24) is 15.5 Å². The Bertz CT molecular complexity index is 1480. The summed E-state index contributed by atoms with van der Waals surface area (Å²) >= 11 is 1.49. The highest BCUT2D eigenvalue weighted by Gasteiger charge is 2.34. The quantitative estimate of drug-likeness (QED) is 0.147. The highest BCUT2D eigenvalue weighted by Crippen LogP contribution is 2.19. The molecule has 0 aromatic heterocycles. The van der Waals surface area contributed by atoms with E-state index >= 15 is 0 Å². The molecular formula is C36H49F2N3O5S. The SMILES string of the molecule is CCCN(CCC)C(=O)c1cc(C)cc(C(=O)N[C@@H](Cc2cc(F)cc(F)c2)[C@@H](O)[C@H](O)[C@@H](CCSC)NC(=O)c2ccccc2)c1.[HH].[HH]. The van der Waals surface area contributed by atoms with Gasteiger partial charge in [0.05, 0.1) is 12.1 Å². The largest absolute Gasteiger partial charge is 0.388 e. The Kier molecular flexibility index (Phi) is 14.8. The summed E-state index contributed by atoms with van der Waals surface area (Å²) in [7, 11) is 0. The first kappa shape index (κ1) is 37.7. The summed E-state index contributed by atoms with van der Waals surface area (Å²) in [6.07, 6.45) is 0.245. The number of halogens is 2. The van der Waals surface area contributed by atoms with Crippen molar-refractivity contribution in [3.63, 3.8) is 0 Å². The number of hydrogen-bond acceptors (Lipinski definition) is 6. The van der Waals surface area contributed by atoms with Crippen LogP contribution in [0.1, 0.15) is 78.2 Å². The fourth-order valence-electron chi connectivity index (χ4n) is 5.46. The lowest BCUT2D eigenvalue weighted by atomic mass is 9.92. The third kappa shape index (κ3) is 11.2. The van der Waals surface area contributed by atoms with Crippen molar-refractivity contribution in [3.05, 3.63) is 106 Å². The molecule has 47 heavy (non-hydrogen) atoms. The first-order valence-electron chi connectivity index (χ1n) is 15.8. The van der Waals surface area contributed by atoms with E-state index in [1.165, 1.54) is 17.8 Å². The number of carbonyl (C=O) groups excluding carboxylic acids is 3. The topological polar surface area (TPSA) is 119 Å². The van der Waals surface area contributed by atoms with Crippen molar-refractivity contribution in [3.8, 4) is 0 Å². The second kappa shape index (κ2) is 18.5. The van der Waals surface area contributed by atoms with E-state index in [0.717, 1.165) is 25.0 Å². The summed E-state index contributed by atoms with van der Waals surface area (Å²) < 4.78 is 28.3. The highest BCUT2D eigenvalue weighted by molar-refractivity contribution is 7.98. The maximum absolute atomic E-state index is 14.2. The number of thioether (sulfide) groups is 1. The van der Waals surface area contributed by atoms with Gasteiger partial charge in [-0.25, -0.2) is 8.78 Å². The smallest absolute Gasteiger partial charge is 0.253 e. The van der Waals surface area contributed by atoms with Crippen LogP contribution in [0.4, 0.5) is 8.78 Å². The molecule has 4 atom stereocenters. The van der Waals surface area contributed by atoms with Gasteiger partial charge in [-0.05, 0) is 98.2 Å². The van der Waals surface area contributed by atoms with E-state index in [1.807, 2.05) is 20.1 Å². The summed E-state index contributed by atoms with van der Waals surface area (Å²) in [4.78, 5) is 41.8. The summed E-state index contributed by atoms with van der Waals surface area (Å²) in [5.74, 6) is -2.44. The molecule has 8 nitrogen and oxygen atoms in total.